The molecular formula is C17H17NO2. The Labute approximate surface area is 118 Å². The first-order valence-electron chi connectivity index (χ1n) is 6.58. The highest BCUT2D eigenvalue weighted by Crippen LogP contribution is 2.17. The van der Waals surface area contributed by atoms with Gasteiger partial charge in [-0.05, 0) is 23.6 Å². The molecule has 2 rings (SSSR count). The molecule has 0 aliphatic rings. The number of hydrogen-bond acceptors (Lipinski definition) is 2. The SMILES string of the molecule is CC(C)c1ccc(NC(=O)C(=O)c2ccccc2)cc1. The van der Waals surface area contributed by atoms with Crippen LogP contribution < -0.4 is 5.32 Å². The molecule has 1 amide bonds. The van der Waals surface area contributed by atoms with Gasteiger partial charge >= 0.3 is 0 Å². The molecule has 0 saturated heterocycles. The Morgan fingerprint density at radius 1 is 0.900 bits per heavy atom. The quantitative estimate of drug-likeness (QED) is 0.679. The first-order valence-corrected chi connectivity index (χ1v) is 6.58. The van der Waals surface area contributed by atoms with E-state index in [4.69, 9.17) is 0 Å². The van der Waals surface area contributed by atoms with Gasteiger partial charge in [-0.15, -0.1) is 0 Å². The molecule has 0 aliphatic carbocycles. The van der Waals surface area contributed by atoms with Crippen molar-refractivity contribution in [2.45, 2.75) is 19.8 Å². The molecule has 0 saturated carbocycles. The van der Waals surface area contributed by atoms with E-state index in [-0.39, 0.29) is 0 Å². The van der Waals surface area contributed by atoms with Crippen molar-refractivity contribution in [1.82, 2.24) is 0 Å². The van der Waals surface area contributed by atoms with Crippen LogP contribution in [0.25, 0.3) is 0 Å². The van der Waals surface area contributed by atoms with Gasteiger partial charge in [-0.3, -0.25) is 9.59 Å². The maximum absolute atomic E-state index is 11.9. The monoisotopic (exact) mass is 267 g/mol. The van der Waals surface area contributed by atoms with Gasteiger partial charge in [0.05, 0.1) is 0 Å². The zero-order valence-electron chi connectivity index (χ0n) is 11.6. The van der Waals surface area contributed by atoms with E-state index in [9.17, 15) is 9.59 Å². The first-order chi connectivity index (χ1) is 9.58. The fraction of sp³-hybridized carbons (Fsp3) is 0.176. The topological polar surface area (TPSA) is 46.2 Å². The van der Waals surface area contributed by atoms with Crippen molar-refractivity contribution in [3.63, 3.8) is 0 Å². The second kappa shape index (κ2) is 6.15. The predicted octanol–water partition coefficient (Wildman–Crippen LogP) is 3.63. The summed E-state index contributed by atoms with van der Waals surface area (Å²) in [6.45, 7) is 4.21. The number of hydrogen-bond donors (Lipinski definition) is 1. The standard InChI is InChI=1S/C17H17NO2/c1-12(2)13-8-10-15(11-9-13)18-17(20)16(19)14-6-4-3-5-7-14/h3-12H,1-2H3,(H,18,20). The van der Waals surface area contributed by atoms with Gasteiger partial charge in [0.15, 0.2) is 0 Å². The van der Waals surface area contributed by atoms with Gasteiger partial charge in [-0.2, -0.15) is 0 Å². The van der Waals surface area contributed by atoms with Crippen LogP contribution in [0.2, 0.25) is 0 Å². The van der Waals surface area contributed by atoms with E-state index in [1.54, 1.807) is 30.3 Å². The number of nitrogens with one attached hydrogen (secondary N) is 1. The lowest BCUT2D eigenvalue weighted by molar-refractivity contribution is -0.112. The first kappa shape index (κ1) is 14.0. The molecule has 2 aromatic rings. The molecule has 0 spiro atoms. The second-order valence-corrected chi connectivity index (χ2v) is 4.93. The van der Waals surface area contributed by atoms with Crippen LogP contribution in [0, 0.1) is 0 Å². The van der Waals surface area contributed by atoms with Crippen molar-refractivity contribution in [3.8, 4) is 0 Å². The van der Waals surface area contributed by atoms with E-state index in [2.05, 4.69) is 19.2 Å². The summed E-state index contributed by atoms with van der Waals surface area (Å²) < 4.78 is 0. The average molecular weight is 267 g/mol. The maximum atomic E-state index is 11.9. The summed E-state index contributed by atoms with van der Waals surface area (Å²) in [6, 6.07) is 16.1. The molecule has 2 aromatic carbocycles. The van der Waals surface area contributed by atoms with Gasteiger partial charge < -0.3 is 5.32 Å². The van der Waals surface area contributed by atoms with Crippen LogP contribution in [0.5, 0.6) is 0 Å². The number of ketones is 1. The molecule has 3 heteroatoms. The van der Waals surface area contributed by atoms with Crippen molar-refractivity contribution >= 4 is 17.4 Å². The number of anilines is 1. The molecule has 0 unspecified atom stereocenters. The van der Waals surface area contributed by atoms with E-state index in [1.807, 2.05) is 24.3 Å². The number of carbonyl (C=O) groups excluding carboxylic acids is 2. The van der Waals surface area contributed by atoms with Crippen LogP contribution in [0.15, 0.2) is 54.6 Å². The molecule has 3 nitrogen and oxygen atoms in total. The molecule has 0 atom stereocenters. The molecule has 1 N–H and O–H groups in total. The van der Waals surface area contributed by atoms with Crippen molar-refractivity contribution in [1.29, 1.82) is 0 Å². The molecule has 0 radical (unpaired) electrons. The third-order valence-electron chi connectivity index (χ3n) is 3.08. The lowest BCUT2D eigenvalue weighted by Crippen LogP contribution is -2.22. The highest BCUT2D eigenvalue weighted by Gasteiger charge is 2.15. The van der Waals surface area contributed by atoms with Crippen LogP contribution in [-0.2, 0) is 4.79 Å². The summed E-state index contributed by atoms with van der Waals surface area (Å²) in [6.07, 6.45) is 0. The minimum Gasteiger partial charge on any atom is -0.319 e. The zero-order valence-corrected chi connectivity index (χ0v) is 11.6. The Kier molecular flexibility index (Phi) is 4.31. The fourth-order valence-corrected chi connectivity index (χ4v) is 1.86. The number of amides is 1. The largest absolute Gasteiger partial charge is 0.319 e. The lowest BCUT2D eigenvalue weighted by Gasteiger charge is -2.08. The lowest BCUT2D eigenvalue weighted by atomic mass is 10.0. The summed E-state index contributed by atoms with van der Waals surface area (Å²) in [4.78, 5) is 23.8. The van der Waals surface area contributed by atoms with Crippen LogP contribution in [0.1, 0.15) is 35.7 Å². The molecule has 0 bridgehead atoms. The van der Waals surface area contributed by atoms with Gasteiger partial charge in [0.25, 0.3) is 11.7 Å². The van der Waals surface area contributed by atoms with Crippen LogP contribution in [-0.4, -0.2) is 11.7 Å². The molecule has 0 heterocycles. The molecule has 102 valence electrons. The minimum atomic E-state index is -0.617. The van der Waals surface area contributed by atoms with Crippen molar-refractivity contribution in [2.24, 2.45) is 0 Å². The van der Waals surface area contributed by atoms with E-state index in [0.29, 0.717) is 17.2 Å². The summed E-state index contributed by atoms with van der Waals surface area (Å²) in [5.41, 5.74) is 2.21. The number of benzene rings is 2. The zero-order chi connectivity index (χ0) is 14.5. The van der Waals surface area contributed by atoms with Gasteiger partial charge in [-0.1, -0.05) is 56.3 Å². The Morgan fingerprint density at radius 3 is 2.05 bits per heavy atom. The van der Waals surface area contributed by atoms with Crippen LogP contribution >= 0.6 is 0 Å². The Balaban J connectivity index is 2.06. The van der Waals surface area contributed by atoms with Gasteiger partial charge in [0.1, 0.15) is 0 Å². The van der Waals surface area contributed by atoms with E-state index < -0.39 is 11.7 Å². The molecule has 0 aromatic heterocycles. The summed E-state index contributed by atoms with van der Waals surface area (Å²) in [5, 5.41) is 2.62. The van der Waals surface area contributed by atoms with Gasteiger partial charge in [-0.25, -0.2) is 0 Å². The highest BCUT2D eigenvalue weighted by atomic mass is 16.2. The maximum Gasteiger partial charge on any atom is 0.296 e. The van der Waals surface area contributed by atoms with E-state index >= 15 is 0 Å². The fourth-order valence-electron chi connectivity index (χ4n) is 1.86. The van der Waals surface area contributed by atoms with Crippen LogP contribution in [0.3, 0.4) is 0 Å². The third-order valence-corrected chi connectivity index (χ3v) is 3.08. The van der Waals surface area contributed by atoms with Crippen molar-refractivity contribution < 1.29 is 9.59 Å². The Bertz CT molecular complexity index is 601. The van der Waals surface area contributed by atoms with E-state index in [0.717, 1.165) is 0 Å². The van der Waals surface area contributed by atoms with Crippen LogP contribution in [0.4, 0.5) is 5.69 Å². The number of carbonyl (C=O) groups is 2. The average Bonchev–Trinajstić information content (AvgIpc) is 2.48. The number of Topliss-reactive ketones (excluding diaryl/α,β-unsaturated/α-hetero) is 1. The molecule has 0 fully saturated rings. The van der Waals surface area contributed by atoms with E-state index in [1.165, 1.54) is 5.56 Å². The summed E-state index contributed by atoms with van der Waals surface area (Å²) in [7, 11) is 0. The van der Waals surface area contributed by atoms with Gasteiger partial charge in [0.2, 0.25) is 0 Å². The minimum absolute atomic E-state index is 0.392. The molecule has 0 aliphatic heterocycles. The van der Waals surface area contributed by atoms with Crippen molar-refractivity contribution in [3.05, 3.63) is 65.7 Å². The Hall–Kier alpha value is -2.42. The summed E-state index contributed by atoms with van der Waals surface area (Å²) >= 11 is 0. The van der Waals surface area contributed by atoms with Crippen molar-refractivity contribution in [2.75, 3.05) is 5.32 Å². The number of rotatable bonds is 4. The highest BCUT2D eigenvalue weighted by molar-refractivity contribution is 6.46. The summed E-state index contributed by atoms with van der Waals surface area (Å²) in [5.74, 6) is -0.710. The smallest absolute Gasteiger partial charge is 0.296 e. The van der Waals surface area contributed by atoms with Gasteiger partial charge in [0, 0.05) is 11.3 Å². The predicted molar refractivity (Wildman–Crippen MR) is 79.9 cm³/mol. The molecular weight excluding hydrogens is 250 g/mol. The second-order valence-electron chi connectivity index (χ2n) is 4.93. The molecule has 20 heavy (non-hydrogen) atoms. The normalized spacial score (nSPS) is 10.3. The third kappa shape index (κ3) is 3.32. The Morgan fingerprint density at radius 2 is 1.50 bits per heavy atom.